The molecule has 1 amide bonds. The molecule has 1 aliphatic heterocycles. The molecular formula is C19H23N3O2. The highest BCUT2D eigenvalue weighted by Crippen LogP contribution is 2.22. The number of anilines is 1. The molecule has 0 atom stereocenters. The Bertz CT molecular complexity index is 667. The van der Waals surface area contributed by atoms with Gasteiger partial charge < -0.3 is 14.5 Å². The largest absolute Gasteiger partial charge is 0.493 e. The number of nitrogens with zero attached hydrogens (tertiary/aromatic N) is 3. The second-order valence-electron chi connectivity index (χ2n) is 5.84. The van der Waals surface area contributed by atoms with E-state index in [2.05, 4.69) is 22.9 Å². The van der Waals surface area contributed by atoms with Crippen LogP contribution in [0.2, 0.25) is 0 Å². The highest BCUT2D eigenvalue weighted by molar-refractivity contribution is 5.97. The number of carbonyl (C=O) groups is 1. The quantitative estimate of drug-likeness (QED) is 0.848. The number of amides is 1. The molecule has 24 heavy (non-hydrogen) atoms. The van der Waals surface area contributed by atoms with Gasteiger partial charge in [-0.2, -0.15) is 0 Å². The lowest BCUT2D eigenvalue weighted by atomic mass is 10.1. The Balaban J connectivity index is 1.65. The summed E-state index contributed by atoms with van der Waals surface area (Å²) in [6.07, 6.45) is 4.56. The zero-order valence-electron chi connectivity index (χ0n) is 14.0. The number of piperazine rings is 1. The molecule has 3 rings (SSSR count). The summed E-state index contributed by atoms with van der Waals surface area (Å²) in [7, 11) is 0. The minimum Gasteiger partial charge on any atom is -0.493 e. The molecule has 2 aromatic rings. The van der Waals surface area contributed by atoms with E-state index in [4.69, 9.17) is 4.74 Å². The lowest BCUT2D eigenvalue weighted by molar-refractivity contribution is 0.0742. The van der Waals surface area contributed by atoms with E-state index in [0.717, 1.165) is 25.2 Å². The molecule has 5 heteroatoms. The number of hydrogen-bond acceptors (Lipinski definition) is 4. The number of para-hydroxylation sites is 1. The van der Waals surface area contributed by atoms with Crippen LogP contribution in [0.15, 0.2) is 48.8 Å². The van der Waals surface area contributed by atoms with Gasteiger partial charge in [0.1, 0.15) is 5.75 Å². The predicted molar refractivity (Wildman–Crippen MR) is 94.6 cm³/mol. The molecule has 2 heterocycles. The van der Waals surface area contributed by atoms with Gasteiger partial charge in [0.25, 0.3) is 5.91 Å². The minimum atomic E-state index is 0.0486. The topological polar surface area (TPSA) is 45.7 Å². The molecule has 126 valence electrons. The van der Waals surface area contributed by atoms with E-state index >= 15 is 0 Å². The number of aromatic nitrogens is 1. The van der Waals surface area contributed by atoms with Crippen molar-refractivity contribution in [2.24, 2.45) is 0 Å². The number of carbonyl (C=O) groups excluding carboxylic acids is 1. The van der Waals surface area contributed by atoms with Gasteiger partial charge in [0.05, 0.1) is 24.1 Å². The van der Waals surface area contributed by atoms with Crippen molar-refractivity contribution >= 4 is 11.6 Å². The van der Waals surface area contributed by atoms with Crippen LogP contribution in [-0.4, -0.2) is 48.6 Å². The van der Waals surface area contributed by atoms with E-state index in [-0.39, 0.29) is 5.91 Å². The first-order valence-corrected chi connectivity index (χ1v) is 8.45. The average molecular weight is 325 g/mol. The fourth-order valence-electron chi connectivity index (χ4n) is 2.86. The number of benzene rings is 1. The molecule has 5 nitrogen and oxygen atoms in total. The Kier molecular flexibility index (Phi) is 5.31. The molecule has 1 aromatic heterocycles. The first kappa shape index (κ1) is 16.3. The van der Waals surface area contributed by atoms with Crippen LogP contribution < -0.4 is 9.64 Å². The third kappa shape index (κ3) is 3.67. The second-order valence-corrected chi connectivity index (χ2v) is 5.84. The van der Waals surface area contributed by atoms with Crippen LogP contribution in [0.4, 0.5) is 5.69 Å². The van der Waals surface area contributed by atoms with Crippen molar-refractivity contribution in [3.05, 3.63) is 54.4 Å². The fourth-order valence-corrected chi connectivity index (χ4v) is 2.86. The van der Waals surface area contributed by atoms with Gasteiger partial charge in [0.15, 0.2) is 0 Å². The van der Waals surface area contributed by atoms with Crippen LogP contribution >= 0.6 is 0 Å². The van der Waals surface area contributed by atoms with E-state index < -0.39 is 0 Å². The first-order chi connectivity index (χ1) is 11.8. The predicted octanol–water partition coefficient (Wildman–Crippen LogP) is 2.83. The van der Waals surface area contributed by atoms with Crippen molar-refractivity contribution in [3.63, 3.8) is 0 Å². The van der Waals surface area contributed by atoms with E-state index in [1.807, 2.05) is 41.4 Å². The van der Waals surface area contributed by atoms with Gasteiger partial charge in [0, 0.05) is 32.4 Å². The van der Waals surface area contributed by atoms with Crippen LogP contribution in [-0.2, 0) is 0 Å². The SMILES string of the molecule is CCCOc1ccccc1C(=O)N1CCN(c2cccnc2)CC1. The maximum atomic E-state index is 12.8. The van der Waals surface area contributed by atoms with Gasteiger partial charge in [-0.05, 0) is 30.7 Å². The van der Waals surface area contributed by atoms with Crippen molar-refractivity contribution in [2.45, 2.75) is 13.3 Å². The molecule has 1 saturated heterocycles. The van der Waals surface area contributed by atoms with Gasteiger partial charge in [0.2, 0.25) is 0 Å². The summed E-state index contributed by atoms with van der Waals surface area (Å²) in [5, 5.41) is 0. The fraction of sp³-hybridized carbons (Fsp3) is 0.368. The number of rotatable bonds is 5. The number of hydrogen-bond donors (Lipinski definition) is 0. The Labute approximate surface area is 142 Å². The van der Waals surface area contributed by atoms with Crippen molar-refractivity contribution in [1.29, 1.82) is 0 Å². The van der Waals surface area contributed by atoms with Gasteiger partial charge in [-0.3, -0.25) is 9.78 Å². The van der Waals surface area contributed by atoms with E-state index in [0.29, 0.717) is 31.0 Å². The lowest BCUT2D eigenvalue weighted by Crippen LogP contribution is -2.48. The van der Waals surface area contributed by atoms with Crippen LogP contribution in [0.5, 0.6) is 5.75 Å². The summed E-state index contributed by atoms with van der Waals surface area (Å²) in [6, 6.07) is 11.5. The summed E-state index contributed by atoms with van der Waals surface area (Å²) in [5.74, 6) is 0.728. The Morgan fingerprint density at radius 2 is 1.92 bits per heavy atom. The highest BCUT2D eigenvalue weighted by Gasteiger charge is 2.24. The Hall–Kier alpha value is -2.56. The van der Waals surface area contributed by atoms with E-state index in [1.54, 1.807) is 6.20 Å². The monoisotopic (exact) mass is 325 g/mol. The molecule has 0 radical (unpaired) electrons. The number of pyridine rings is 1. The highest BCUT2D eigenvalue weighted by atomic mass is 16.5. The van der Waals surface area contributed by atoms with E-state index in [9.17, 15) is 4.79 Å². The second kappa shape index (κ2) is 7.81. The number of ether oxygens (including phenoxy) is 1. The van der Waals surface area contributed by atoms with Crippen LogP contribution in [0, 0.1) is 0 Å². The Morgan fingerprint density at radius 1 is 1.12 bits per heavy atom. The molecule has 1 aliphatic rings. The summed E-state index contributed by atoms with van der Waals surface area (Å²) in [5.41, 5.74) is 1.76. The van der Waals surface area contributed by atoms with Crippen molar-refractivity contribution in [2.75, 3.05) is 37.7 Å². The zero-order chi connectivity index (χ0) is 16.8. The minimum absolute atomic E-state index is 0.0486. The van der Waals surface area contributed by atoms with Gasteiger partial charge in [-0.25, -0.2) is 0 Å². The maximum Gasteiger partial charge on any atom is 0.257 e. The van der Waals surface area contributed by atoms with Crippen molar-refractivity contribution in [1.82, 2.24) is 9.88 Å². The molecule has 0 saturated carbocycles. The van der Waals surface area contributed by atoms with Gasteiger partial charge in [-0.1, -0.05) is 19.1 Å². The van der Waals surface area contributed by atoms with E-state index in [1.165, 1.54) is 0 Å². The lowest BCUT2D eigenvalue weighted by Gasteiger charge is -2.36. The molecule has 0 aliphatic carbocycles. The molecule has 1 aromatic carbocycles. The van der Waals surface area contributed by atoms with Gasteiger partial charge >= 0.3 is 0 Å². The Morgan fingerprint density at radius 3 is 2.62 bits per heavy atom. The third-order valence-corrected chi connectivity index (χ3v) is 4.16. The third-order valence-electron chi connectivity index (χ3n) is 4.16. The normalized spacial score (nSPS) is 14.5. The van der Waals surface area contributed by atoms with Crippen LogP contribution in [0.3, 0.4) is 0 Å². The summed E-state index contributed by atoms with van der Waals surface area (Å²) >= 11 is 0. The molecule has 0 unspecified atom stereocenters. The molecule has 1 fully saturated rings. The van der Waals surface area contributed by atoms with Crippen molar-refractivity contribution in [3.8, 4) is 5.75 Å². The summed E-state index contributed by atoms with van der Waals surface area (Å²) in [4.78, 5) is 21.2. The zero-order valence-corrected chi connectivity index (χ0v) is 14.0. The van der Waals surface area contributed by atoms with Crippen molar-refractivity contribution < 1.29 is 9.53 Å². The standard InChI is InChI=1S/C19H23N3O2/c1-2-14-24-18-8-4-3-7-17(18)19(23)22-12-10-21(11-13-22)16-6-5-9-20-15-16/h3-9,15H,2,10-14H2,1H3. The van der Waals surface area contributed by atoms with Crippen LogP contribution in [0.25, 0.3) is 0 Å². The molecule has 0 spiro atoms. The van der Waals surface area contributed by atoms with Gasteiger partial charge in [-0.15, -0.1) is 0 Å². The average Bonchev–Trinajstić information content (AvgIpc) is 2.67. The maximum absolute atomic E-state index is 12.8. The molecular weight excluding hydrogens is 302 g/mol. The smallest absolute Gasteiger partial charge is 0.257 e. The summed E-state index contributed by atoms with van der Waals surface area (Å²) < 4.78 is 5.72. The first-order valence-electron chi connectivity index (χ1n) is 8.45. The van der Waals surface area contributed by atoms with Crippen LogP contribution in [0.1, 0.15) is 23.7 Å². The molecule has 0 bridgehead atoms. The molecule has 0 N–H and O–H groups in total. The summed E-state index contributed by atoms with van der Waals surface area (Å²) in [6.45, 7) is 5.72.